The Morgan fingerprint density at radius 2 is 2.14 bits per heavy atom. The molecular formula is C14H16N4O2S. The Bertz CT molecular complexity index is 813. The summed E-state index contributed by atoms with van der Waals surface area (Å²) in [6, 6.07) is 6.74. The maximum Gasteiger partial charge on any atom is 0.279 e. The van der Waals surface area contributed by atoms with Gasteiger partial charge in [-0.2, -0.15) is 13.5 Å². The van der Waals surface area contributed by atoms with Gasteiger partial charge in [0.2, 0.25) is 0 Å². The van der Waals surface area contributed by atoms with Crippen LogP contribution >= 0.6 is 0 Å². The van der Waals surface area contributed by atoms with Gasteiger partial charge in [0.25, 0.3) is 10.0 Å². The van der Waals surface area contributed by atoms with Crippen LogP contribution in [0.3, 0.4) is 0 Å². The van der Waals surface area contributed by atoms with Crippen molar-refractivity contribution in [2.75, 3.05) is 11.3 Å². The van der Waals surface area contributed by atoms with Crippen molar-refractivity contribution in [1.29, 1.82) is 0 Å². The lowest BCUT2D eigenvalue weighted by atomic mass is 10.1. The van der Waals surface area contributed by atoms with E-state index >= 15 is 0 Å². The van der Waals surface area contributed by atoms with E-state index in [1.807, 2.05) is 19.1 Å². The van der Waals surface area contributed by atoms with Gasteiger partial charge in [0.05, 0.1) is 18.4 Å². The number of anilines is 1. The number of benzene rings is 1. The molecule has 0 radical (unpaired) electrons. The molecule has 0 spiro atoms. The van der Waals surface area contributed by atoms with Gasteiger partial charge >= 0.3 is 0 Å². The van der Waals surface area contributed by atoms with E-state index in [1.165, 1.54) is 16.9 Å². The van der Waals surface area contributed by atoms with Gasteiger partial charge in [-0.1, -0.05) is 17.9 Å². The number of nitrogens with one attached hydrogen (secondary N) is 1. The van der Waals surface area contributed by atoms with E-state index in [0.717, 1.165) is 5.56 Å². The van der Waals surface area contributed by atoms with E-state index in [9.17, 15) is 8.42 Å². The minimum atomic E-state index is -3.71. The summed E-state index contributed by atoms with van der Waals surface area (Å²) in [7, 11) is -2.14. The monoisotopic (exact) mass is 304 g/mol. The second-order valence-electron chi connectivity index (χ2n) is 4.45. The van der Waals surface area contributed by atoms with E-state index in [2.05, 4.69) is 21.7 Å². The van der Waals surface area contributed by atoms with Gasteiger partial charge in [-0.05, 0) is 30.7 Å². The van der Waals surface area contributed by atoms with Gasteiger partial charge < -0.3 is 5.73 Å². The second kappa shape index (κ2) is 5.99. The summed E-state index contributed by atoms with van der Waals surface area (Å²) in [5.41, 5.74) is 7.36. The van der Waals surface area contributed by atoms with Gasteiger partial charge in [-0.15, -0.1) is 0 Å². The molecule has 2 aromatic rings. The summed E-state index contributed by atoms with van der Waals surface area (Å²) in [5, 5.41) is 3.95. The molecule has 3 N–H and O–H groups in total. The van der Waals surface area contributed by atoms with Crippen LogP contribution in [-0.4, -0.2) is 24.7 Å². The Morgan fingerprint density at radius 1 is 1.38 bits per heavy atom. The fourth-order valence-electron chi connectivity index (χ4n) is 1.82. The first-order valence-corrected chi connectivity index (χ1v) is 7.73. The standard InChI is InChI=1S/C14H16N4O2S/c1-11-5-6-13(12(10-11)4-3-8-15)17-21(19,20)14-7-9-16-18(14)2/h5-7,9-10,17H,8,15H2,1-2H3. The molecule has 0 atom stereocenters. The zero-order valence-corrected chi connectivity index (χ0v) is 12.6. The van der Waals surface area contributed by atoms with E-state index in [-0.39, 0.29) is 11.6 Å². The average molecular weight is 304 g/mol. The molecule has 1 aromatic heterocycles. The van der Waals surface area contributed by atoms with Gasteiger partial charge in [0.15, 0.2) is 5.03 Å². The molecule has 0 saturated heterocycles. The third-order valence-electron chi connectivity index (χ3n) is 2.80. The largest absolute Gasteiger partial charge is 0.320 e. The summed E-state index contributed by atoms with van der Waals surface area (Å²) >= 11 is 0. The highest BCUT2D eigenvalue weighted by Gasteiger charge is 2.19. The highest BCUT2D eigenvalue weighted by atomic mass is 32.2. The molecule has 1 heterocycles. The maximum absolute atomic E-state index is 12.3. The molecule has 21 heavy (non-hydrogen) atoms. The van der Waals surface area contributed by atoms with Crippen molar-refractivity contribution in [2.24, 2.45) is 12.8 Å². The van der Waals surface area contributed by atoms with Gasteiger partial charge in [0, 0.05) is 12.6 Å². The molecule has 7 heteroatoms. The number of sulfonamides is 1. The van der Waals surface area contributed by atoms with E-state index in [1.54, 1.807) is 13.1 Å². The van der Waals surface area contributed by atoms with Crippen LogP contribution in [0, 0.1) is 18.8 Å². The normalized spacial score (nSPS) is 10.8. The fourth-order valence-corrected chi connectivity index (χ4v) is 3.03. The van der Waals surface area contributed by atoms with Crippen LogP contribution in [0.1, 0.15) is 11.1 Å². The summed E-state index contributed by atoms with van der Waals surface area (Å²) < 4.78 is 28.5. The van der Waals surface area contributed by atoms with E-state index in [4.69, 9.17) is 5.73 Å². The lowest BCUT2D eigenvalue weighted by Gasteiger charge is -2.10. The van der Waals surface area contributed by atoms with E-state index in [0.29, 0.717) is 11.3 Å². The molecule has 0 unspecified atom stereocenters. The quantitative estimate of drug-likeness (QED) is 0.822. The molecule has 6 nitrogen and oxygen atoms in total. The number of rotatable bonds is 3. The molecule has 0 aliphatic heterocycles. The van der Waals surface area contributed by atoms with Crippen LogP contribution in [-0.2, 0) is 17.1 Å². The van der Waals surface area contributed by atoms with Crippen molar-refractivity contribution in [3.63, 3.8) is 0 Å². The van der Waals surface area contributed by atoms with E-state index < -0.39 is 10.0 Å². The SMILES string of the molecule is Cc1ccc(NS(=O)(=O)c2ccnn2C)c(C#CCN)c1. The summed E-state index contributed by atoms with van der Waals surface area (Å²) in [5.74, 6) is 5.60. The fraction of sp³-hybridized carbons (Fsp3) is 0.214. The van der Waals surface area contributed by atoms with Crippen LogP contribution in [0.5, 0.6) is 0 Å². The molecule has 110 valence electrons. The van der Waals surface area contributed by atoms with Crippen molar-refractivity contribution in [3.05, 3.63) is 41.6 Å². The molecule has 0 bridgehead atoms. The first-order valence-electron chi connectivity index (χ1n) is 6.24. The van der Waals surface area contributed by atoms with Crippen LogP contribution in [0.4, 0.5) is 5.69 Å². The zero-order chi connectivity index (χ0) is 15.5. The minimum Gasteiger partial charge on any atom is -0.320 e. The molecule has 2 rings (SSSR count). The van der Waals surface area contributed by atoms with Crippen LogP contribution in [0.2, 0.25) is 0 Å². The lowest BCUT2D eigenvalue weighted by Crippen LogP contribution is -2.17. The number of hydrogen-bond acceptors (Lipinski definition) is 4. The number of hydrogen-bond donors (Lipinski definition) is 2. The van der Waals surface area contributed by atoms with Crippen LogP contribution in [0.15, 0.2) is 35.5 Å². The third kappa shape index (κ3) is 3.42. The predicted octanol–water partition coefficient (Wildman–Crippen LogP) is 0.840. The lowest BCUT2D eigenvalue weighted by molar-refractivity contribution is 0.582. The third-order valence-corrected chi connectivity index (χ3v) is 4.24. The second-order valence-corrected chi connectivity index (χ2v) is 6.08. The van der Waals surface area contributed by atoms with Gasteiger partial charge in [-0.3, -0.25) is 9.40 Å². The molecule has 0 aliphatic carbocycles. The van der Waals surface area contributed by atoms with Crippen molar-refractivity contribution < 1.29 is 8.42 Å². The first kappa shape index (κ1) is 15.1. The Balaban J connectivity index is 2.42. The number of aryl methyl sites for hydroxylation is 2. The molecule has 0 amide bonds. The Hall–Kier alpha value is -2.30. The van der Waals surface area contributed by atoms with Crippen LogP contribution in [0.25, 0.3) is 0 Å². The maximum atomic E-state index is 12.3. The Kier molecular flexibility index (Phi) is 4.31. The molecule has 1 aromatic carbocycles. The number of nitrogens with two attached hydrogens (primary N) is 1. The minimum absolute atomic E-state index is 0.0841. The predicted molar refractivity (Wildman–Crippen MR) is 81.1 cm³/mol. The van der Waals surface area contributed by atoms with Crippen LogP contribution < -0.4 is 10.5 Å². The zero-order valence-electron chi connectivity index (χ0n) is 11.8. The Labute approximate surface area is 124 Å². The summed E-state index contributed by atoms with van der Waals surface area (Å²) in [6.45, 7) is 2.12. The topological polar surface area (TPSA) is 90.0 Å². The van der Waals surface area contributed by atoms with Crippen molar-refractivity contribution in [3.8, 4) is 11.8 Å². The van der Waals surface area contributed by atoms with Crippen molar-refractivity contribution in [2.45, 2.75) is 11.9 Å². The smallest absolute Gasteiger partial charge is 0.279 e. The molecular weight excluding hydrogens is 288 g/mol. The van der Waals surface area contributed by atoms with Crippen molar-refractivity contribution >= 4 is 15.7 Å². The molecule has 0 fully saturated rings. The van der Waals surface area contributed by atoms with Gasteiger partial charge in [0.1, 0.15) is 0 Å². The van der Waals surface area contributed by atoms with Crippen molar-refractivity contribution in [1.82, 2.24) is 9.78 Å². The van der Waals surface area contributed by atoms with Gasteiger partial charge in [-0.25, -0.2) is 0 Å². The summed E-state index contributed by atoms with van der Waals surface area (Å²) in [6.07, 6.45) is 1.43. The molecule has 0 saturated carbocycles. The molecule has 0 aliphatic rings. The number of aromatic nitrogens is 2. The highest BCUT2D eigenvalue weighted by Crippen LogP contribution is 2.20. The first-order chi connectivity index (χ1) is 9.94. The number of nitrogens with zero attached hydrogens (tertiary/aromatic N) is 2. The highest BCUT2D eigenvalue weighted by molar-refractivity contribution is 7.92. The summed E-state index contributed by atoms with van der Waals surface area (Å²) in [4.78, 5) is 0. The average Bonchev–Trinajstić information content (AvgIpc) is 2.86. The Morgan fingerprint density at radius 3 is 2.76 bits per heavy atom.